The molecule has 0 aliphatic rings. The van der Waals surface area contributed by atoms with Crippen molar-refractivity contribution in [3.05, 3.63) is 65.3 Å². The Morgan fingerprint density at radius 3 is 2.48 bits per heavy atom. The van der Waals surface area contributed by atoms with Crippen LogP contribution in [0.1, 0.15) is 5.56 Å². The van der Waals surface area contributed by atoms with Gasteiger partial charge in [-0.2, -0.15) is 13.2 Å². The van der Waals surface area contributed by atoms with Crippen LogP contribution < -0.4 is 4.72 Å². The predicted octanol–water partition coefficient (Wildman–Crippen LogP) is 4.71. The lowest BCUT2D eigenvalue weighted by atomic mass is 10.2. The van der Waals surface area contributed by atoms with Crippen molar-refractivity contribution in [2.45, 2.75) is 11.1 Å². The highest BCUT2D eigenvalue weighted by atomic mass is 35.5. The van der Waals surface area contributed by atoms with E-state index in [2.05, 4.69) is 9.71 Å². The van der Waals surface area contributed by atoms with Crippen LogP contribution in [-0.4, -0.2) is 13.4 Å². The molecular formula is C16H10ClF3N2O2S. The number of nitrogens with zero attached hydrogens (tertiary/aromatic N) is 1. The summed E-state index contributed by atoms with van der Waals surface area (Å²) in [5.41, 5.74) is -1.14. The van der Waals surface area contributed by atoms with Crippen molar-refractivity contribution in [3.63, 3.8) is 0 Å². The topological polar surface area (TPSA) is 59.1 Å². The summed E-state index contributed by atoms with van der Waals surface area (Å²) in [5, 5.41) is 0.0831. The van der Waals surface area contributed by atoms with Crippen LogP contribution in [0.25, 0.3) is 10.9 Å². The highest BCUT2D eigenvalue weighted by Gasteiger charge is 2.33. The summed E-state index contributed by atoms with van der Waals surface area (Å²) in [6.07, 6.45) is -3.26. The van der Waals surface area contributed by atoms with Crippen LogP contribution in [0.4, 0.5) is 18.9 Å². The Labute approximate surface area is 146 Å². The molecule has 25 heavy (non-hydrogen) atoms. The molecular weight excluding hydrogens is 377 g/mol. The number of halogens is 4. The summed E-state index contributed by atoms with van der Waals surface area (Å²) >= 11 is 5.54. The van der Waals surface area contributed by atoms with Gasteiger partial charge in [0.25, 0.3) is 10.0 Å². The van der Waals surface area contributed by atoms with Gasteiger partial charge in [-0.05, 0) is 30.3 Å². The average Bonchev–Trinajstić information content (AvgIpc) is 2.55. The van der Waals surface area contributed by atoms with Crippen LogP contribution in [0.3, 0.4) is 0 Å². The first-order valence-corrected chi connectivity index (χ1v) is 8.78. The summed E-state index contributed by atoms with van der Waals surface area (Å²) in [6, 6.07) is 10.7. The van der Waals surface area contributed by atoms with E-state index in [1.165, 1.54) is 18.3 Å². The fraction of sp³-hybridized carbons (Fsp3) is 0.0625. The van der Waals surface area contributed by atoms with Gasteiger partial charge in [0.1, 0.15) is 4.90 Å². The molecule has 2 aromatic carbocycles. The third-order valence-corrected chi connectivity index (χ3v) is 5.15. The Morgan fingerprint density at radius 2 is 1.76 bits per heavy atom. The molecule has 130 valence electrons. The van der Waals surface area contributed by atoms with Crippen LogP contribution in [0.5, 0.6) is 0 Å². The van der Waals surface area contributed by atoms with Gasteiger partial charge in [-0.1, -0.05) is 29.8 Å². The Morgan fingerprint density at radius 1 is 1.04 bits per heavy atom. The number of para-hydroxylation sites is 1. The molecule has 0 aliphatic carbocycles. The molecule has 0 saturated heterocycles. The highest BCUT2D eigenvalue weighted by molar-refractivity contribution is 7.93. The van der Waals surface area contributed by atoms with Gasteiger partial charge in [0.2, 0.25) is 0 Å². The van der Waals surface area contributed by atoms with Crippen LogP contribution in [0.2, 0.25) is 5.02 Å². The SMILES string of the molecule is O=S(=O)(Nc1ccc(Cl)c(C(F)(F)F)c1)c1cccc2cccnc12. The Balaban J connectivity index is 2.05. The lowest BCUT2D eigenvalue weighted by Crippen LogP contribution is -2.15. The fourth-order valence-electron chi connectivity index (χ4n) is 2.31. The number of nitrogens with one attached hydrogen (secondary N) is 1. The minimum absolute atomic E-state index is 0.130. The lowest BCUT2D eigenvalue weighted by molar-refractivity contribution is -0.137. The second kappa shape index (κ2) is 6.20. The van der Waals surface area contributed by atoms with Gasteiger partial charge in [-0.3, -0.25) is 9.71 Å². The van der Waals surface area contributed by atoms with E-state index in [9.17, 15) is 21.6 Å². The van der Waals surface area contributed by atoms with Crippen LogP contribution in [0.15, 0.2) is 59.6 Å². The standard InChI is InChI=1S/C16H10ClF3N2O2S/c17-13-7-6-11(9-12(13)16(18,19)20)22-25(23,24)14-5-1-3-10-4-2-8-21-15(10)14/h1-9,22H. The fourth-order valence-corrected chi connectivity index (χ4v) is 3.76. The minimum atomic E-state index is -4.69. The zero-order chi connectivity index (χ0) is 18.2. The molecule has 1 N–H and O–H groups in total. The smallest absolute Gasteiger partial charge is 0.280 e. The monoisotopic (exact) mass is 386 g/mol. The van der Waals surface area contributed by atoms with Gasteiger partial charge < -0.3 is 0 Å². The molecule has 0 radical (unpaired) electrons. The number of anilines is 1. The first-order chi connectivity index (χ1) is 11.7. The van der Waals surface area contributed by atoms with Gasteiger partial charge in [0, 0.05) is 17.3 Å². The summed E-state index contributed by atoms with van der Waals surface area (Å²) in [7, 11) is -4.14. The number of sulfonamides is 1. The Kier molecular flexibility index (Phi) is 4.34. The number of aromatic nitrogens is 1. The predicted molar refractivity (Wildman–Crippen MR) is 89.0 cm³/mol. The molecule has 9 heteroatoms. The quantitative estimate of drug-likeness (QED) is 0.709. The van der Waals surface area contributed by atoms with Crippen molar-refractivity contribution in [2.75, 3.05) is 4.72 Å². The molecule has 1 aromatic heterocycles. The maximum Gasteiger partial charge on any atom is 0.417 e. The van der Waals surface area contributed by atoms with E-state index in [0.717, 1.165) is 12.1 Å². The van der Waals surface area contributed by atoms with E-state index in [1.807, 2.05) is 0 Å². The third-order valence-electron chi connectivity index (χ3n) is 3.41. The van der Waals surface area contributed by atoms with Crippen molar-refractivity contribution in [3.8, 4) is 0 Å². The van der Waals surface area contributed by atoms with Gasteiger partial charge >= 0.3 is 6.18 Å². The second-order valence-corrected chi connectivity index (χ2v) is 7.19. The van der Waals surface area contributed by atoms with Crippen molar-refractivity contribution in [2.24, 2.45) is 0 Å². The average molecular weight is 387 g/mol. The van der Waals surface area contributed by atoms with Gasteiger partial charge in [-0.25, -0.2) is 8.42 Å². The molecule has 1 heterocycles. The van der Waals surface area contributed by atoms with Gasteiger partial charge in [-0.15, -0.1) is 0 Å². The molecule has 4 nitrogen and oxygen atoms in total. The molecule has 0 amide bonds. The molecule has 3 aromatic rings. The molecule has 0 spiro atoms. The Bertz CT molecular complexity index is 1050. The van der Waals surface area contributed by atoms with Crippen molar-refractivity contribution in [1.29, 1.82) is 0 Å². The van der Waals surface area contributed by atoms with E-state index >= 15 is 0 Å². The zero-order valence-electron chi connectivity index (χ0n) is 12.4. The van der Waals surface area contributed by atoms with Crippen LogP contribution in [-0.2, 0) is 16.2 Å². The largest absolute Gasteiger partial charge is 0.417 e. The first-order valence-electron chi connectivity index (χ1n) is 6.92. The first kappa shape index (κ1) is 17.5. The number of fused-ring (bicyclic) bond motifs is 1. The highest BCUT2D eigenvalue weighted by Crippen LogP contribution is 2.36. The van der Waals surface area contributed by atoms with Gasteiger partial charge in [0.15, 0.2) is 0 Å². The number of benzene rings is 2. The molecule has 0 fully saturated rings. The summed E-state index contributed by atoms with van der Waals surface area (Å²) in [5.74, 6) is 0. The van der Waals surface area contributed by atoms with E-state index in [-0.39, 0.29) is 16.1 Å². The number of hydrogen-bond acceptors (Lipinski definition) is 3. The molecule has 0 saturated carbocycles. The maximum absolute atomic E-state index is 12.9. The number of rotatable bonds is 3. The van der Waals surface area contributed by atoms with Gasteiger partial charge in [0.05, 0.1) is 16.1 Å². The molecule has 3 rings (SSSR count). The van der Waals surface area contributed by atoms with E-state index in [0.29, 0.717) is 11.5 Å². The normalized spacial score (nSPS) is 12.3. The molecule has 0 aliphatic heterocycles. The Hall–Kier alpha value is -2.32. The minimum Gasteiger partial charge on any atom is -0.280 e. The van der Waals surface area contributed by atoms with Crippen molar-refractivity contribution >= 4 is 38.2 Å². The second-order valence-electron chi connectivity index (χ2n) is 5.13. The molecule has 0 bridgehead atoms. The van der Waals surface area contributed by atoms with Crippen LogP contribution >= 0.6 is 11.6 Å². The summed E-state index contributed by atoms with van der Waals surface area (Å²) in [4.78, 5) is 3.91. The number of hydrogen-bond donors (Lipinski definition) is 1. The maximum atomic E-state index is 12.9. The number of alkyl halides is 3. The number of pyridine rings is 1. The summed E-state index contributed by atoms with van der Waals surface area (Å²) < 4.78 is 66.1. The third kappa shape index (κ3) is 3.54. The van der Waals surface area contributed by atoms with E-state index < -0.39 is 26.8 Å². The van der Waals surface area contributed by atoms with E-state index in [1.54, 1.807) is 18.2 Å². The molecule has 0 atom stereocenters. The van der Waals surface area contributed by atoms with E-state index in [4.69, 9.17) is 11.6 Å². The lowest BCUT2D eigenvalue weighted by Gasteiger charge is -2.13. The van der Waals surface area contributed by atoms with Crippen molar-refractivity contribution in [1.82, 2.24) is 4.98 Å². The van der Waals surface area contributed by atoms with Crippen molar-refractivity contribution < 1.29 is 21.6 Å². The summed E-state index contributed by atoms with van der Waals surface area (Å²) in [6.45, 7) is 0. The molecule has 0 unspecified atom stereocenters. The van der Waals surface area contributed by atoms with Crippen LogP contribution in [0, 0.1) is 0 Å². The zero-order valence-corrected chi connectivity index (χ0v) is 14.0.